The number of aryl methyl sites for hydroxylation is 1. The van der Waals surface area contributed by atoms with E-state index in [0.29, 0.717) is 18.5 Å². The van der Waals surface area contributed by atoms with Crippen molar-refractivity contribution in [3.8, 4) is 0 Å². The minimum atomic E-state index is -0.320. The molecule has 0 aliphatic carbocycles. The Morgan fingerprint density at radius 1 is 0.885 bits per heavy atom. The van der Waals surface area contributed by atoms with Crippen LogP contribution in [0.4, 0.5) is 5.69 Å². The molecule has 0 fully saturated rings. The van der Waals surface area contributed by atoms with Crippen molar-refractivity contribution in [3.05, 3.63) is 83.7 Å². The number of carbonyl (C=O) groups is 2. The zero-order valence-electron chi connectivity index (χ0n) is 14.3. The van der Waals surface area contributed by atoms with Gasteiger partial charge in [-0.05, 0) is 42.3 Å². The predicted octanol–water partition coefficient (Wildman–Crippen LogP) is 2.79. The Balaban J connectivity index is 1.57. The summed E-state index contributed by atoms with van der Waals surface area (Å²) in [4.78, 5) is 36.3. The number of anilines is 1. The average Bonchev–Trinajstić information content (AvgIpc) is 2.64. The van der Waals surface area contributed by atoms with Crippen LogP contribution in [0.1, 0.15) is 27.3 Å². The fourth-order valence-corrected chi connectivity index (χ4v) is 2.43. The van der Waals surface area contributed by atoms with Crippen LogP contribution in [0.25, 0.3) is 0 Å². The molecule has 0 unspecified atom stereocenters. The molecule has 130 valence electrons. The van der Waals surface area contributed by atoms with E-state index < -0.39 is 0 Å². The Morgan fingerprint density at radius 2 is 1.54 bits per heavy atom. The number of aromatic nitrogens is 3. The number of benzene rings is 1. The number of nitrogens with zero attached hydrogens (tertiary/aromatic N) is 3. The van der Waals surface area contributed by atoms with Crippen molar-refractivity contribution >= 4 is 17.4 Å². The number of amides is 1. The lowest BCUT2D eigenvalue weighted by Gasteiger charge is -2.06. The molecule has 0 aliphatic rings. The molecule has 0 radical (unpaired) electrons. The Morgan fingerprint density at radius 3 is 2.15 bits per heavy atom. The summed E-state index contributed by atoms with van der Waals surface area (Å²) in [6.45, 7) is 1.81. The summed E-state index contributed by atoms with van der Waals surface area (Å²) in [5.41, 5.74) is 3.50. The van der Waals surface area contributed by atoms with Gasteiger partial charge < -0.3 is 5.32 Å². The molecule has 1 aromatic carbocycles. The summed E-state index contributed by atoms with van der Waals surface area (Å²) >= 11 is 0. The van der Waals surface area contributed by atoms with Gasteiger partial charge in [0.05, 0.1) is 11.9 Å². The maximum Gasteiger partial charge on any atom is 0.275 e. The Labute approximate surface area is 151 Å². The van der Waals surface area contributed by atoms with Crippen molar-refractivity contribution in [2.75, 3.05) is 5.32 Å². The first-order valence-electron chi connectivity index (χ1n) is 8.20. The van der Waals surface area contributed by atoms with Crippen LogP contribution in [-0.2, 0) is 17.6 Å². The maximum atomic E-state index is 12.2. The van der Waals surface area contributed by atoms with Gasteiger partial charge in [-0.15, -0.1) is 0 Å². The SMILES string of the molecule is Cc1cnc(C(=O)Nc2ccc(CC(=O)Cc3ccncc3)cc2)cn1. The molecular weight excluding hydrogens is 328 g/mol. The van der Waals surface area contributed by atoms with Gasteiger partial charge in [0.1, 0.15) is 11.5 Å². The summed E-state index contributed by atoms with van der Waals surface area (Å²) in [5, 5.41) is 2.76. The van der Waals surface area contributed by atoms with Crippen LogP contribution in [0.15, 0.2) is 61.2 Å². The van der Waals surface area contributed by atoms with E-state index in [-0.39, 0.29) is 17.4 Å². The van der Waals surface area contributed by atoms with E-state index >= 15 is 0 Å². The van der Waals surface area contributed by atoms with Gasteiger partial charge in [0.25, 0.3) is 5.91 Å². The summed E-state index contributed by atoms with van der Waals surface area (Å²) in [5.74, 6) is -0.193. The van der Waals surface area contributed by atoms with Crippen molar-refractivity contribution in [3.63, 3.8) is 0 Å². The molecule has 3 rings (SSSR count). The zero-order chi connectivity index (χ0) is 18.4. The molecule has 2 aromatic heterocycles. The third-order valence-corrected chi connectivity index (χ3v) is 3.78. The number of rotatable bonds is 6. The van der Waals surface area contributed by atoms with Crippen LogP contribution in [0.5, 0.6) is 0 Å². The lowest BCUT2D eigenvalue weighted by molar-refractivity contribution is -0.117. The third kappa shape index (κ3) is 4.80. The van der Waals surface area contributed by atoms with Crippen LogP contribution >= 0.6 is 0 Å². The third-order valence-electron chi connectivity index (χ3n) is 3.78. The van der Waals surface area contributed by atoms with E-state index in [1.165, 1.54) is 6.20 Å². The predicted molar refractivity (Wildman–Crippen MR) is 97.8 cm³/mol. The van der Waals surface area contributed by atoms with Crippen LogP contribution in [0, 0.1) is 6.92 Å². The first-order valence-corrected chi connectivity index (χ1v) is 8.20. The molecule has 0 aliphatic heterocycles. The van der Waals surface area contributed by atoms with Crippen molar-refractivity contribution in [2.24, 2.45) is 0 Å². The monoisotopic (exact) mass is 346 g/mol. The normalized spacial score (nSPS) is 10.3. The molecule has 26 heavy (non-hydrogen) atoms. The fraction of sp³-hybridized carbons (Fsp3) is 0.150. The highest BCUT2D eigenvalue weighted by Crippen LogP contribution is 2.12. The van der Waals surface area contributed by atoms with E-state index in [2.05, 4.69) is 20.3 Å². The van der Waals surface area contributed by atoms with Crippen LogP contribution in [-0.4, -0.2) is 26.6 Å². The number of pyridine rings is 1. The van der Waals surface area contributed by atoms with Gasteiger partial charge >= 0.3 is 0 Å². The topological polar surface area (TPSA) is 84.8 Å². The van der Waals surface area contributed by atoms with E-state index in [1.54, 1.807) is 30.7 Å². The number of Topliss-reactive ketones (excluding diaryl/α,β-unsaturated/α-hetero) is 1. The molecule has 0 spiro atoms. The first-order chi connectivity index (χ1) is 12.6. The van der Waals surface area contributed by atoms with E-state index in [4.69, 9.17) is 0 Å². The summed E-state index contributed by atoms with van der Waals surface area (Å²) in [6.07, 6.45) is 7.08. The second-order valence-corrected chi connectivity index (χ2v) is 5.94. The van der Waals surface area contributed by atoms with Gasteiger partial charge in [-0.3, -0.25) is 19.6 Å². The van der Waals surface area contributed by atoms with Crippen molar-refractivity contribution in [1.29, 1.82) is 0 Å². The molecule has 0 saturated carbocycles. The summed E-state index contributed by atoms with van der Waals surface area (Å²) in [7, 11) is 0. The molecule has 1 N–H and O–H groups in total. The fourth-order valence-electron chi connectivity index (χ4n) is 2.43. The van der Waals surface area contributed by atoms with Gasteiger partial charge in [-0.1, -0.05) is 12.1 Å². The lowest BCUT2D eigenvalue weighted by atomic mass is 10.0. The molecule has 2 heterocycles. The number of carbonyl (C=O) groups excluding carboxylic acids is 2. The second kappa shape index (κ2) is 8.11. The molecule has 6 heteroatoms. The zero-order valence-corrected chi connectivity index (χ0v) is 14.3. The smallest absolute Gasteiger partial charge is 0.275 e. The minimum absolute atomic E-state index is 0.128. The maximum absolute atomic E-state index is 12.2. The first kappa shape index (κ1) is 17.4. The highest BCUT2D eigenvalue weighted by atomic mass is 16.2. The Hall–Kier alpha value is -3.41. The number of nitrogens with one attached hydrogen (secondary N) is 1. The Bertz CT molecular complexity index is 891. The van der Waals surface area contributed by atoms with Crippen LogP contribution < -0.4 is 5.32 Å². The number of hydrogen-bond donors (Lipinski definition) is 1. The number of hydrogen-bond acceptors (Lipinski definition) is 5. The molecule has 1 amide bonds. The second-order valence-electron chi connectivity index (χ2n) is 5.94. The molecule has 3 aromatic rings. The van der Waals surface area contributed by atoms with Crippen LogP contribution in [0.2, 0.25) is 0 Å². The molecule has 0 bridgehead atoms. The van der Waals surface area contributed by atoms with Crippen LogP contribution in [0.3, 0.4) is 0 Å². The Kier molecular flexibility index (Phi) is 5.43. The summed E-state index contributed by atoms with van der Waals surface area (Å²) in [6, 6.07) is 10.9. The van der Waals surface area contributed by atoms with Gasteiger partial charge in [0.15, 0.2) is 0 Å². The van der Waals surface area contributed by atoms with Gasteiger partial charge in [0, 0.05) is 37.1 Å². The molecule has 0 saturated heterocycles. The van der Waals surface area contributed by atoms with Crippen molar-refractivity contribution < 1.29 is 9.59 Å². The summed E-state index contributed by atoms with van der Waals surface area (Å²) < 4.78 is 0. The quantitative estimate of drug-likeness (QED) is 0.742. The largest absolute Gasteiger partial charge is 0.321 e. The van der Waals surface area contributed by atoms with Crippen molar-refractivity contribution in [2.45, 2.75) is 19.8 Å². The lowest BCUT2D eigenvalue weighted by Crippen LogP contribution is -2.14. The van der Waals surface area contributed by atoms with Crippen molar-refractivity contribution in [1.82, 2.24) is 15.0 Å². The highest BCUT2D eigenvalue weighted by Gasteiger charge is 2.09. The van der Waals surface area contributed by atoms with Gasteiger partial charge in [-0.25, -0.2) is 4.98 Å². The van der Waals surface area contributed by atoms with E-state index in [0.717, 1.165) is 16.8 Å². The number of ketones is 1. The van der Waals surface area contributed by atoms with E-state index in [9.17, 15) is 9.59 Å². The van der Waals surface area contributed by atoms with Gasteiger partial charge in [0.2, 0.25) is 0 Å². The average molecular weight is 346 g/mol. The molecule has 0 atom stereocenters. The van der Waals surface area contributed by atoms with Gasteiger partial charge in [-0.2, -0.15) is 0 Å². The molecule has 6 nitrogen and oxygen atoms in total. The standard InChI is InChI=1S/C20H18N4O2/c1-14-12-23-19(13-22-14)20(26)24-17-4-2-15(3-5-17)10-18(25)11-16-6-8-21-9-7-16/h2-9,12-13H,10-11H2,1H3,(H,24,26). The minimum Gasteiger partial charge on any atom is -0.321 e. The van der Waals surface area contributed by atoms with E-state index in [1.807, 2.05) is 31.2 Å². The molecular formula is C20H18N4O2. The highest BCUT2D eigenvalue weighted by molar-refractivity contribution is 6.02.